The number of carbonyl (C=O) groups is 1. The number of benzene rings is 2. The first-order valence-electron chi connectivity index (χ1n) is 6.27. The summed E-state index contributed by atoms with van der Waals surface area (Å²) in [6.45, 7) is 0. The fourth-order valence-electron chi connectivity index (χ4n) is 1.75. The summed E-state index contributed by atoms with van der Waals surface area (Å²) in [5.41, 5.74) is 1.04. The molecule has 0 radical (unpaired) electrons. The maximum atomic E-state index is 11.7. The van der Waals surface area contributed by atoms with Gasteiger partial charge >= 0.3 is 5.97 Å². The van der Waals surface area contributed by atoms with Crippen molar-refractivity contribution in [3.05, 3.63) is 60.2 Å². The Morgan fingerprint density at radius 1 is 1.00 bits per heavy atom. The Labute approximate surface area is 122 Å². The van der Waals surface area contributed by atoms with Crippen LogP contribution in [0.5, 0.6) is 5.75 Å². The molecule has 1 N–H and O–H groups in total. The van der Waals surface area contributed by atoms with Gasteiger partial charge in [-0.25, -0.2) is 0 Å². The largest absolute Gasteiger partial charge is 0.427 e. The molecule has 0 saturated heterocycles. The normalized spacial score (nSPS) is 11.1. The Bertz CT molecular complexity index is 705. The van der Waals surface area contributed by atoms with E-state index in [1.54, 1.807) is 0 Å². The highest BCUT2D eigenvalue weighted by atomic mass is 32.2. The first kappa shape index (κ1) is 15.2. The molecule has 6 heteroatoms. The number of hydrogen-bond acceptors (Lipinski definition) is 4. The van der Waals surface area contributed by atoms with Crippen molar-refractivity contribution < 1.29 is 22.5 Å². The van der Waals surface area contributed by atoms with Crippen LogP contribution in [0.2, 0.25) is 0 Å². The second-order valence-corrected chi connectivity index (χ2v) is 5.83. The Morgan fingerprint density at radius 3 is 2.19 bits per heavy atom. The minimum atomic E-state index is -4.23. The van der Waals surface area contributed by atoms with Crippen LogP contribution in [0.3, 0.4) is 0 Å². The van der Waals surface area contributed by atoms with Crippen LogP contribution in [0.1, 0.15) is 12.0 Å². The van der Waals surface area contributed by atoms with Crippen LogP contribution in [0.15, 0.2) is 59.5 Å². The van der Waals surface area contributed by atoms with Gasteiger partial charge in [0.15, 0.2) is 0 Å². The molecule has 0 heterocycles. The van der Waals surface area contributed by atoms with E-state index in [1.165, 1.54) is 24.3 Å². The van der Waals surface area contributed by atoms with Gasteiger partial charge in [-0.05, 0) is 36.2 Å². The Balaban J connectivity index is 1.91. The summed E-state index contributed by atoms with van der Waals surface area (Å²) >= 11 is 0. The van der Waals surface area contributed by atoms with E-state index in [9.17, 15) is 13.2 Å². The van der Waals surface area contributed by atoms with Crippen molar-refractivity contribution in [2.75, 3.05) is 0 Å². The molecule has 0 unspecified atom stereocenters. The first-order chi connectivity index (χ1) is 9.95. The average Bonchev–Trinajstić information content (AvgIpc) is 2.46. The van der Waals surface area contributed by atoms with Crippen molar-refractivity contribution in [2.24, 2.45) is 0 Å². The van der Waals surface area contributed by atoms with E-state index >= 15 is 0 Å². The highest BCUT2D eigenvalue weighted by Gasteiger charge is 2.10. The average molecular weight is 306 g/mol. The molecule has 0 aliphatic heterocycles. The van der Waals surface area contributed by atoms with Gasteiger partial charge in [0.1, 0.15) is 5.75 Å². The van der Waals surface area contributed by atoms with Crippen LogP contribution in [0.25, 0.3) is 0 Å². The number of aryl methyl sites for hydroxylation is 1. The topological polar surface area (TPSA) is 80.7 Å². The quantitative estimate of drug-likeness (QED) is 0.521. The van der Waals surface area contributed by atoms with Crippen LogP contribution in [0.4, 0.5) is 0 Å². The second-order valence-electron chi connectivity index (χ2n) is 4.41. The minimum Gasteiger partial charge on any atom is -0.427 e. The van der Waals surface area contributed by atoms with E-state index < -0.39 is 16.1 Å². The lowest BCUT2D eigenvalue weighted by atomic mass is 10.1. The number of esters is 1. The predicted octanol–water partition coefficient (Wildman–Crippen LogP) is 2.47. The lowest BCUT2D eigenvalue weighted by Crippen LogP contribution is -2.09. The van der Waals surface area contributed by atoms with Gasteiger partial charge < -0.3 is 4.74 Å². The highest BCUT2D eigenvalue weighted by molar-refractivity contribution is 7.85. The van der Waals surface area contributed by atoms with Gasteiger partial charge in [0.2, 0.25) is 0 Å². The number of hydrogen-bond donors (Lipinski definition) is 1. The zero-order chi connectivity index (χ0) is 15.3. The van der Waals surface area contributed by atoms with Crippen molar-refractivity contribution in [2.45, 2.75) is 17.7 Å². The van der Waals surface area contributed by atoms with E-state index in [1.807, 2.05) is 30.3 Å². The van der Waals surface area contributed by atoms with E-state index in [2.05, 4.69) is 0 Å². The SMILES string of the molecule is O=C(CCc1ccccc1)Oc1ccc(S(=O)(=O)O)cc1. The standard InChI is InChI=1S/C15H14O5S/c16-15(11-6-12-4-2-1-3-5-12)20-13-7-9-14(10-8-13)21(17,18)19/h1-5,7-10H,6,11H2,(H,17,18,19). The van der Waals surface area contributed by atoms with Gasteiger partial charge in [0.05, 0.1) is 4.90 Å². The van der Waals surface area contributed by atoms with Crippen LogP contribution in [-0.4, -0.2) is 18.9 Å². The molecule has 0 spiro atoms. The minimum absolute atomic E-state index is 0.226. The molecule has 0 aromatic heterocycles. The molecule has 110 valence electrons. The summed E-state index contributed by atoms with van der Waals surface area (Å²) in [4.78, 5) is 11.4. The third kappa shape index (κ3) is 4.70. The molecule has 0 aliphatic carbocycles. The molecule has 2 rings (SSSR count). The van der Waals surface area contributed by atoms with Crippen molar-refractivity contribution in [1.29, 1.82) is 0 Å². The Morgan fingerprint density at radius 2 is 1.62 bits per heavy atom. The molecular weight excluding hydrogens is 292 g/mol. The van der Waals surface area contributed by atoms with Crippen molar-refractivity contribution >= 4 is 16.1 Å². The van der Waals surface area contributed by atoms with Crippen molar-refractivity contribution in [3.8, 4) is 5.75 Å². The maximum Gasteiger partial charge on any atom is 0.311 e. The molecule has 5 nitrogen and oxygen atoms in total. The monoisotopic (exact) mass is 306 g/mol. The molecule has 0 saturated carbocycles. The predicted molar refractivity (Wildman–Crippen MR) is 76.7 cm³/mol. The van der Waals surface area contributed by atoms with Crippen LogP contribution < -0.4 is 4.74 Å². The summed E-state index contributed by atoms with van der Waals surface area (Å²) < 4.78 is 35.7. The summed E-state index contributed by atoms with van der Waals surface area (Å²) in [5, 5.41) is 0. The van der Waals surface area contributed by atoms with Gasteiger partial charge in [-0.3, -0.25) is 9.35 Å². The molecule has 0 bridgehead atoms. The van der Waals surface area contributed by atoms with Crippen molar-refractivity contribution in [1.82, 2.24) is 0 Å². The number of rotatable bonds is 5. The van der Waals surface area contributed by atoms with Crippen LogP contribution in [-0.2, 0) is 21.3 Å². The van der Waals surface area contributed by atoms with Gasteiger partial charge in [-0.2, -0.15) is 8.42 Å². The molecule has 2 aromatic rings. The molecule has 21 heavy (non-hydrogen) atoms. The zero-order valence-corrected chi connectivity index (χ0v) is 11.9. The zero-order valence-electron chi connectivity index (χ0n) is 11.1. The Hall–Kier alpha value is -2.18. The van der Waals surface area contributed by atoms with E-state index in [-0.39, 0.29) is 17.1 Å². The molecule has 0 aliphatic rings. The van der Waals surface area contributed by atoms with Gasteiger partial charge in [-0.1, -0.05) is 30.3 Å². The molecule has 0 fully saturated rings. The fourth-order valence-corrected chi connectivity index (χ4v) is 2.23. The highest BCUT2D eigenvalue weighted by Crippen LogP contribution is 2.16. The second kappa shape index (κ2) is 6.51. The van der Waals surface area contributed by atoms with E-state index in [0.29, 0.717) is 6.42 Å². The summed E-state index contributed by atoms with van der Waals surface area (Å²) in [6, 6.07) is 14.5. The third-order valence-corrected chi connectivity index (χ3v) is 3.68. The first-order valence-corrected chi connectivity index (χ1v) is 7.71. The summed E-state index contributed by atoms with van der Waals surface area (Å²) in [5.74, 6) is -0.168. The third-order valence-electron chi connectivity index (χ3n) is 2.81. The smallest absolute Gasteiger partial charge is 0.311 e. The van der Waals surface area contributed by atoms with E-state index in [4.69, 9.17) is 9.29 Å². The van der Waals surface area contributed by atoms with Gasteiger partial charge in [-0.15, -0.1) is 0 Å². The van der Waals surface area contributed by atoms with Gasteiger partial charge in [0, 0.05) is 6.42 Å². The molecule has 2 aromatic carbocycles. The lowest BCUT2D eigenvalue weighted by molar-refractivity contribution is -0.134. The number of ether oxygens (including phenoxy) is 1. The van der Waals surface area contributed by atoms with Crippen LogP contribution in [0, 0.1) is 0 Å². The van der Waals surface area contributed by atoms with Gasteiger partial charge in [0.25, 0.3) is 10.1 Å². The fraction of sp³-hybridized carbons (Fsp3) is 0.133. The Kier molecular flexibility index (Phi) is 4.72. The molecule has 0 amide bonds. The summed E-state index contributed by atoms with van der Waals surface area (Å²) in [7, 11) is -4.23. The van der Waals surface area contributed by atoms with Crippen LogP contribution >= 0.6 is 0 Å². The maximum absolute atomic E-state index is 11.7. The van der Waals surface area contributed by atoms with E-state index in [0.717, 1.165) is 5.56 Å². The molecule has 0 atom stereocenters. The lowest BCUT2D eigenvalue weighted by Gasteiger charge is -2.05. The molecular formula is C15H14O5S. The van der Waals surface area contributed by atoms with Crippen molar-refractivity contribution in [3.63, 3.8) is 0 Å². The number of carbonyl (C=O) groups excluding carboxylic acids is 1. The summed E-state index contributed by atoms with van der Waals surface area (Å²) in [6.07, 6.45) is 0.798.